The van der Waals surface area contributed by atoms with Crippen LogP contribution in [0, 0.1) is 0 Å². The Labute approximate surface area is 107 Å². The van der Waals surface area contributed by atoms with Crippen LogP contribution in [0.1, 0.15) is 32.6 Å². The lowest BCUT2D eigenvalue weighted by molar-refractivity contribution is -0.132. The number of carboxylic acids is 2. The number of hydrogen-bond donors (Lipinski definition) is 4. The second kappa shape index (κ2) is 17.7. The molecule has 0 heterocycles. The van der Waals surface area contributed by atoms with Crippen molar-refractivity contribution in [2.45, 2.75) is 38.9 Å². The van der Waals surface area contributed by atoms with Crippen molar-refractivity contribution in [2.75, 3.05) is 0 Å². The standard InChI is InChI=1S/C6H14O2.2C3H4O2/c1-2-3-4-5-6(7)8;2*1-2-3(4)5/h6-8H,2-5H2,1H3;2*2H,1H2,(H,4,5). The quantitative estimate of drug-likeness (QED) is 0.326. The largest absolute Gasteiger partial charge is 0.478 e. The van der Waals surface area contributed by atoms with Gasteiger partial charge in [-0.3, -0.25) is 0 Å². The summed E-state index contributed by atoms with van der Waals surface area (Å²) in [5.41, 5.74) is 0. The number of rotatable bonds is 6. The molecule has 0 spiro atoms. The number of carbonyl (C=O) groups is 2. The average Bonchev–Trinajstić information content (AvgIpc) is 2.30. The maximum atomic E-state index is 9.25. The van der Waals surface area contributed by atoms with Crippen molar-refractivity contribution >= 4 is 11.9 Å². The molecule has 0 saturated heterocycles. The first-order valence-electron chi connectivity index (χ1n) is 5.38. The monoisotopic (exact) mass is 262 g/mol. The fourth-order valence-electron chi connectivity index (χ4n) is 0.577. The smallest absolute Gasteiger partial charge is 0.327 e. The maximum Gasteiger partial charge on any atom is 0.327 e. The van der Waals surface area contributed by atoms with Gasteiger partial charge in [0.2, 0.25) is 0 Å². The molecule has 0 rings (SSSR count). The Morgan fingerprint density at radius 1 is 1.06 bits per heavy atom. The Morgan fingerprint density at radius 3 is 1.56 bits per heavy atom. The molecule has 0 saturated carbocycles. The van der Waals surface area contributed by atoms with E-state index < -0.39 is 18.2 Å². The van der Waals surface area contributed by atoms with Crippen LogP contribution in [0.4, 0.5) is 0 Å². The van der Waals surface area contributed by atoms with Gasteiger partial charge in [-0.25, -0.2) is 9.59 Å². The van der Waals surface area contributed by atoms with E-state index in [9.17, 15) is 9.59 Å². The molecule has 0 aromatic rings. The van der Waals surface area contributed by atoms with Crippen molar-refractivity contribution < 1.29 is 30.0 Å². The predicted molar refractivity (Wildman–Crippen MR) is 68.0 cm³/mol. The molecular weight excluding hydrogens is 240 g/mol. The number of carboxylic acid groups (broad SMARTS) is 2. The topological polar surface area (TPSA) is 115 Å². The Bertz CT molecular complexity index is 217. The molecule has 106 valence electrons. The summed E-state index contributed by atoms with van der Waals surface area (Å²) in [4.78, 5) is 18.5. The van der Waals surface area contributed by atoms with E-state index in [-0.39, 0.29) is 0 Å². The van der Waals surface area contributed by atoms with Crippen LogP contribution in [-0.2, 0) is 9.59 Å². The van der Waals surface area contributed by atoms with E-state index in [0.717, 1.165) is 31.4 Å². The van der Waals surface area contributed by atoms with Gasteiger partial charge in [0.25, 0.3) is 0 Å². The minimum Gasteiger partial charge on any atom is -0.478 e. The van der Waals surface area contributed by atoms with E-state index in [4.69, 9.17) is 20.4 Å². The average molecular weight is 262 g/mol. The van der Waals surface area contributed by atoms with Crippen molar-refractivity contribution in [2.24, 2.45) is 0 Å². The first-order valence-corrected chi connectivity index (χ1v) is 5.38. The van der Waals surface area contributed by atoms with Gasteiger partial charge < -0.3 is 20.4 Å². The Balaban J connectivity index is -0.000000197. The highest BCUT2D eigenvalue weighted by atomic mass is 16.5. The molecule has 18 heavy (non-hydrogen) atoms. The predicted octanol–water partition coefficient (Wildman–Crippen LogP) is 1.39. The van der Waals surface area contributed by atoms with Crippen LogP contribution in [0.5, 0.6) is 0 Å². The summed E-state index contributed by atoms with van der Waals surface area (Å²) in [6.45, 7) is 8.01. The number of aliphatic hydroxyl groups excluding tert-OH is 1. The van der Waals surface area contributed by atoms with Gasteiger partial charge >= 0.3 is 11.9 Å². The van der Waals surface area contributed by atoms with Gasteiger partial charge in [-0.2, -0.15) is 0 Å². The molecule has 0 aromatic carbocycles. The zero-order valence-corrected chi connectivity index (χ0v) is 10.6. The minimum absolute atomic E-state index is 0.522. The fourth-order valence-corrected chi connectivity index (χ4v) is 0.577. The molecular formula is C12H22O6. The molecule has 0 amide bonds. The van der Waals surface area contributed by atoms with Gasteiger partial charge in [0.1, 0.15) is 0 Å². The van der Waals surface area contributed by atoms with Crippen LogP contribution < -0.4 is 0 Å². The third-order valence-corrected chi connectivity index (χ3v) is 1.42. The molecule has 0 fully saturated rings. The molecule has 6 nitrogen and oxygen atoms in total. The molecule has 0 radical (unpaired) electrons. The van der Waals surface area contributed by atoms with E-state index in [0.29, 0.717) is 6.42 Å². The number of aliphatic carboxylic acids is 2. The van der Waals surface area contributed by atoms with Gasteiger partial charge in [-0.15, -0.1) is 0 Å². The lowest BCUT2D eigenvalue weighted by atomic mass is 10.2. The van der Waals surface area contributed by atoms with E-state index in [1.54, 1.807) is 0 Å². The molecule has 0 aliphatic rings. The molecule has 0 aromatic heterocycles. The second-order valence-electron chi connectivity index (χ2n) is 3.06. The highest BCUT2D eigenvalue weighted by Gasteiger charge is 1.93. The summed E-state index contributed by atoms with van der Waals surface area (Å²) in [6.07, 6.45) is 4.24. The van der Waals surface area contributed by atoms with Gasteiger partial charge in [0.15, 0.2) is 6.29 Å². The molecule has 6 heteroatoms. The normalized spacial score (nSPS) is 8.22. The maximum absolute atomic E-state index is 9.25. The summed E-state index contributed by atoms with van der Waals surface area (Å²) in [7, 11) is 0. The third kappa shape index (κ3) is 47.4. The highest BCUT2D eigenvalue weighted by molar-refractivity contribution is 5.79. The molecule has 4 N–H and O–H groups in total. The van der Waals surface area contributed by atoms with Crippen molar-refractivity contribution in [3.8, 4) is 0 Å². The molecule has 0 aliphatic carbocycles. The van der Waals surface area contributed by atoms with E-state index in [2.05, 4.69) is 20.1 Å². The van der Waals surface area contributed by atoms with Crippen molar-refractivity contribution in [3.63, 3.8) is 0 Å². The summed E-state index contributed by atoms with van der Waals surface area (Å²) >= 11 is 0. The molecule has 0 bridgehead atoms. The van der Waals surface area contributed by atoms with Gasteiger partial charge in [-0.05, 0) is 12.8 Å². The van der Waals surface area contributed by atoms with Gasteiger partial charge in [0, 0.05) is 12.2 Å². The summed E-state index contributed by atoms with van der Waals surface area (Å²) in [5, 5.41) is 31.9. The fraction of sp³-hybridized carbons (Fsp3) is 0.500. The van der Waals surface area contributed by atoms with Gasteiger partial charge in [0.05, 0.1) is 0 Å². The van der Waals surface area contributed by atoms with Crippen LogP contribution in [-0.4, -0.2) is 38.7 Å². The van der Waals surface area contributed by atoms with E-state index in [1.165, 1.54) is 0 Å². The van der Waals surface area contributed by atoms with Crippen LogP contribution >= 0.6 is 0 Å². The van der Waals surface area contributed by atoms with E-state index in [1.807, 2.05) is 0 Å². The van der Waals surface area contributed by atoms with Crippen LogP contribution in [0.25, 0.3) is 0 Å². The number of unbranched alkanes of at least 4 members (excludes halogenated alkanes) is 2. The van der Waals surface area contributed by atoms with Crippen molar-refractivity contribution in [3.05, 3.63) is 25.3 Å². The lowest BCUT2D eigenvalue weighted by Crippen LogP contribution is -2.02. The Hall–Kier alpha value is -1.66. The minimum atomic E-state index is -1.10. The SMILES string of the molecule is C=CC(=O)O.C=CC(=O)O.CCCCCC(O)O. The molecule has 0 unspecified atom stereocenters. The van der Waals surface area contributed by atoms with Crippen molar-refractivity contribution in [1.82, 2.24) is 0 Å². The molecule has 0 aliphatic heterocycles. The van der Waals surface area contributed by atoms with Crippen LogP contribution in [0.2, 0.25) is 0 Å². The second-order valence-corrected chi connectivity index (χ2v) is 3.06. The van der Waals surface area contributed by atoms with Crippen molar-refractivity contribution in [1.29, 1.82) is 0 Å². The van der Waals surface area contributed by atoms with Crippen LogP contribution in [0.3, 0.4) is 0 Å². The number of aliphatic hydroxyl groups is 2. The summed E-state index contributed by atoms with van der Waals surface area (Å²) in [5.74, 6) is -1.96. The van der Waals surface area contributed by atoms with Gasteiger partial charge in [-0.1, -0.05) is 32.9 Å². The first-order chi connectivity index (χ1) is 8.31. The zero-order valence-electron chi connectivity index (χ0n) is 10.6. The zero-order chi connectivity index (χ0) is 15.0. The molecule has 0 atom stereocenters. The Morgan fingerprint density at radius 2 is 1.39 bits per heavy atom. The lowest BCUT2D eigenvalue weighted by Gasteiger charge is -1.99. The third-order valence-electron chi connectivity index (χ3n) is 1.42. The Kier molecular flexibility index (Phi) is 21.3. The first kappa shape index (κ1) is 21.6. The van der Waals surface area contributed by atoms with E-state index >= 15 is 0 Å². The highest BCUT2D eigenvalue weighted by Crippen LogP contribution is 1.99. The summed E-state index contributed by atoms with van der Waals surface area (Å²) in [6, 6.07) is 0. The number of hydrogen-bond acceptors (Lipinski definition) is 4. The van der Waals surface area contributed by atoms with Crippen LogP contribution in [0.15, 0.2) is 25.3 Å². The summed E-state index contributed by atoms with van der Waals surface area (Å²) < 4.78 is 0.